The van der Waals surface area contributed by atoms with Crippen LogP contribution in [0.15, 0.2) is 22.8 Å². The lowest BCUT2D eigenvalue weighted by Gasteiger charge is -2.09. The number of hydrogen-bond acceptors (Lipinski definition) is 3. The lowest BCUT2D eigenvalue weighted by atomic mass is 10.1. The smallest absolute Gasteiger partial charge is 0.340 e. The zero-order valence-electron chi connectivity index (χ0n) is 9.34. The van der Waals surface area contributed by atoms with Gasteiger partial charge in [0.15, 0.2) is 0 Å². The third-order valence-corrected chi connectivity index (χ3v) is 3.80. The minimum Gasteiger partial charge on any atom is -0.462 e. The summed E-state index contributed by atoms with van der Waals surface area (Å²) in [6, 6.07) is 3.32. The van der Waals surface area contributed by atoms with E-state index in [1.165, 1.54) is 6.20 Å². The highest BCUT2D eigenvalue weighted by Gasteiger charge is 2.17. The SMILES string of the molecule is CCOC(=O)c1cnc2c(Cl)ccc(Cl)c2c1Br. The van der Waals surface area contributed by atoms with Crippen molar-refractivity contribution in [2.75, 3.05) is 6.61 Å². The summed E-state index contributed by atoms with van der Waals surface area (Å²) in [4.78, 5) is 15.9. The Kier molecular flexibility index (Phi) is 4.10. The van der Waals surface area contributed by atoms with E-state index in [0.717, 1.165) is 0 Å². The minimum atomic E-state index is -0.449. The lowest BCUT2D eigenvalue weighted by Crippen LogP contribution is -2.06. The number of rotatable bonds is 2. The fourth-order valence-corrected chi connectivity index (χ4v) is 2.78. The third-order valence-electron chi connectivity index (χ3n) is 2.35. The third kappa shape index (κ3) is 2.32. The van der Waals surface area contributed by atoms with Crippen molar-refractivity contribution in [1.82, 2.24) is 4.98 Å². The normalized spacial score (nSPS) is 10.7. The molecule has 6 heteroatoms. The van der Waals surface area contributed by atoms with E-state index >= 15 is 0 Å². The van der Waals surface area contributed by atoms with Crippen molar-refractivity contribution in [2.45, 2.75) is 6.92 Å². The van der Waals surface area contributed by atoms with Crippen molar-refractivity contribution in [3.8, 4) is 0 Å². The van der Waals surface area contributed by atoms with Gasteiger partial charge in [-0.3, -0.25) is 4.98 Å². The molecule has 94 valence electrons. The van der Waals surface area contributed by atoms with Gasteiger partial charge in [-0.05, 0) is 35.0 Å². The first-order chi connectivity index (χ1) is 8.56. The molecule has 0 spiro atoms. The van der Waals surface area contributed by atoms with Crippen LogP contribution in [-0.4, -0.2) is 17.6 Å². The number of ether oxygens (including phenoxy) is 1. The Morgan fingerprint density at radius 3 is 2.72 bits per heavy atom. The molecule has 1 aromatic heterocycles. The van der Waals surface area contributed by atoms with Gasteiger partial charge in [0.2, 0.25) is 0 Å². The maximum absolute atomic E-state index is 11.7. The van der Waals surface area contributed by atoms with E-state index in [1.807, 2.05) is 0 Å². The van der Waals surface area contributed by atoms with Gasteiger partial charge in [-0.25, -0.2) is 4.79 Å². The molecule has 0 bridgehead atoms. The molecule has 0 fully saturated rings. The standard InChI is InChI=1S/C12H8BrCl2NO2/c1-2-18-12(17)6-5-16-11-8(15)4-3-7(14)9(11)10(6)13/h3-5H,2H2,1H3. The number of aromatic nitrogens is 1. The zero-order valence-corrected chi connectivity index (χ0v) is 12.4. The number of hydrogen-bond donors (Lipinski definition) is 0. The molecule has 1 aromatic carbocycles. The van der Waals surface area contributed by atoms with E-state index in [1.54, 1.807) is 19.1 Å². The molecule has 0 aliphatic carbocycles. The molecule has 0 atom stereocenters. The van der Waals surface area contributed by atoms with Crippen LogP contribution in [0.2, 0.25) is 10.0 Å². The second-order valence-electron chi connectivity index (χ2n) is 3.46. The molecular formula is C12H8BrCl2NO2. The monoisotopic (exact) mass is 347 g/mol. The van der Waals surface area contributed by atoms with Crippen molar-refractivity contribution in [3.05, 3.63) is 38.4 Å². The summed E-state index contributed by atoms with van der Waals surface area (Å²) >= 11 is 15.5. The topological polar surface area (TPSA) is 39.2 Å². The fourth-order valence-electron chi connectivity index (χ4n) is 1.55. The van der Waals surface area contributed by atoms with Crippen molar-refractivity contribution in [2.24, 2.45) is 0 Å². The molecular weight excluding hydrogens is 341 g/mol. The highest BCUT2D eigenvalue weighted by Crippen LogP contribution is 2.35. The number of carbonyl (C=O) groups excluding carboxylic acids is 1. The molecule has 2 aromatic rings. The van der Waals surface area contributed by atoms with Gasteiger partial charge in [0, 0.05) is 16.1 Å². The molecule has 2 rings (SSSR count). The number of fused-ring (bicyclic) bond motifs is 1. The lowest BCUT2D eigenvalue weighted by molar-refractivity contribution is 0.0525. The van der Waals surface area contributed by atoms with E-state index in [-0.39, 0.29) is 0 Å². The number of benzene rings is 1. The molecule has 3 nitrogen and oxygen atoms in total. The molecule has 0 amide bonds. The van der Waals surface area contributed by atoms with Crippen LogP contribution in [0, 0.1) is 0 Å². The average molecular weight is 349 g/mol. The van der Waals surface area contributed by atoms with Crippen LogP contribution in [0.1, 0.15) is 17.3 Å². The first kappa shape index (κ1) is 13.6. The van der Waals surface area contributed by atoms with Crippen LogP contribution >= 0.6 is 39.1 Å². The minimum absolute atomic E-state index is 0.298. The van der Waals surface area contributed by atoms with Gasteiger partial charge >= 0.3 is 5.97 Å². The molecule has 0 aliphatic heterocycles. The average Bonchev–Trinajstić information content (AvgIpc) is 2.34. The summed E-state index contributed by atoms with van der Waals surface area (Å²) in [5.41, 5.74) is 0.873. The van der Waals surface area contributed by atoms with Gasteiger partial charge in [-0.15, -0.1) is 0 Å². The Balaban J connectivity index is 2.71. The van der Waals surface area contributed by atoms with E-state index in [0.29, 0.717) is 37.6 Å². The summed E-state index contributed by atoms with van der Waals surface area (Å²) in [6.07, 6.45) is 1.42. The van der Waals surface area contributed by atoms with Gasteiger partial charge in [-0.1, -0.05) is 23.2 Å². The number of nitrogens with zero attached hydrogens (tertiary/aromatic N) is 1. The van der Waals surface area contributed by atoms with Crippen LogP contribution in [0.5, 0.6) is 0 Å². The first-order valence-electron chi connectivity index (χ1n) is 5.15. The van der Waals surface area contributed by atoms with Crippen molar-refractivity contribution in [1.29, 1.82) is 0 Å². The van der Waals surface area contributed by atoms with Gasteiger partial charge in [0.25, 0.3) is 0 Å². The largest absolute Gasteiger partial charge is 0.462 e. The predicted octanol–water partition coefficient (Wildman–Crippen LogP) is 4.48. The highest BCUT2D eigenvalue weighted by atomic mass is 79.9. The van der Waals surface area contributed by atoms with E-state index in [2.05, 4.69) is 20.9 Å². The van der Waals surface area contributed by atoms with E-state index < -0.39 is 5.97 Å². The van der Waals surface area contributed by atoms with E-state index in [9.17, 15) is 4.79 Å². The summed E-state index contributed by atoms with van der Waals surface area (Å²) in [6.45, 7) is 2.04. The van der Waals surface area contributed by atoms with Crippen LogP contribution < -0.4 is 0 Å². The number of pyridine rings is 1. The Morgan fingerprint density at radius 1 is 1.39 bits per heavy atom. The number of halogens is 3. The van der Waals surface area contributed by atoms with Crippen LogP contribution in [0.25, 0.3) is 10.9 Å². The fraction of sp³-hybridized carbons (Fsp3) is 0.167. The van der Waals surface area contributed by atoms with Crippen molar-refractivity contribution >= 4 is 56.0 Å². The molecule has 1 heterocycles. The first-order valence-corrected chi connectivity index (χ1v) is 6.70. The number of esters is 1. The van der Waals surface area contributed by atoms with Gasteiger partial charge < -0.3 is 4.74 Å². The number of carbonyl (C=O) groups is 1. The molecule has 0 saturated carbocycles. The predicted molar refractivity (Wildman–Crippen MR) is 75.4 cm³/mol. The molecule has 0 aliphatic rings. The van der Waals surface area contributed by atoms with Gasteiger partial charge in [0.1, 0.15) is 0 Å². The Morgan fingerprint density at radius 2 is 2.06 bits per heavy atom. The zero-order chi connectivity index (χ0) is 13.3. The molecule has 18 heavy (non-hydrogen) atoms. The van der Waals surface area contributed by atoms with Crippen LogP contribution in [0.3, 0.4) is 0 Å². The van der Waals surface area contributed by atoms with Crippen molar-refractivity contribution in [3.63, 3.8) is 0 Å². The van der Waals surface area contributed by atoms with Gasteiger partial charge in [-0.2, -0.15) is 0 Å². The summed E-state index contributed by atoms with van der Waals surface area (Å²) in [5, 5.41) is 1.56. The summed E-state index contributed by atoms with van der Waals surface area (Å²) < 4.78 is 5.48. The quantitative estimate of drug-likeness (QED) is 0.751. The Bertz CT molecular complexity index is 631. The Hall–Kier alpha value is -0.840. The molecule has 0 unspecified atom stereocenters. The van der Waals surface area contributed by atoms with Crippen LogP contribution in [0.4, 0.5) is 0 Å². The summed E-state index contributed by atoms with van der Waals surface area (Å²) in [5.74, 6) is -0.449. The second kappa shape index (κ2) is 5.43. The second-order valence-corrected chi connectivity index (χ2v) is 5.07. The molecule has 0 N–H and O–H groups in total. The molecule has 0 radical (unpaired) electrons. The maximum atomic E-state index is 11.7. The highest BCUT2D eigenvalue weighted by molar-refractivity contribution is 9.10. The van der Waals surface area contributed by atoms with Crippen molar-refractivity contribution < 1.29 is 9.53 Å². The Labute approximate surface area is 122 Å². The van der Waals surface area contributed by atoms with Crippen LogP contribution in [-0.2, 0) is 4.74 Å². The van der Waals surface area contributed by atoms with E-state index in [4.69, 9.17) is 27.9 Å². The molecule has 0 saturated heterocycles. The maximum Gasteiger partial charge on any atom is 0.340 e. The summed E-state index contributed by atoms with van der Waals surface area (Å²) in [7, 11) is 0. The van der Waals surface area contributed by atoms with Gasteiger partial charge in [0.05, 0.1) is 27.7 Å².